The number of hydrogen-bond acceptors (Lipinski definition) is 0. The Morgan fingerprint density at radius 2 is 1.35 bits per heavy atom. The highest BCUT2D eigenvalue weighted by Crippen LogP contribution is 2.36. The van der Waals surface area contributed by atoms with Crippen molar-refractivity contribution in [3.05, 3.63) is 107 Å². The number of rotatable bonds is 4. The van der Waals surface area contributed by atoms with Crippen molar-refractivity contribution < 1.29 is 26.3 Å². The smallest absolute Gasteiger partial charge is 0.206 e. The highest BCUT2D eigenvalue weighted by Gasteiger charge is 2.38. The van der Waals surface area contributed by atoms with E-state index >= 15 is 0 Å². The minimum Gasteiger partial charge on any atom is -0.206 e. The zero-order valence-electron chi connectivity index (χ0n) is 16.2. The molecule has 0 nitrogen and oxygen atoms in total. The van der Waals surface area contributed by atoms with E-state index in [4.69, 9.17) is 0 Å². The molecule has 0 heterocycles. The molecule has 158 valence electrons. The van der Waals surface area contributed by atoms with E-state index in [-0.39, 0.29) is 11.1 Å². The van der Waals surface area contributed by atoms with Gasteiger partial charge in [0.2, 0.25) is 0 Å². The van der Waals surface area contributed by atoms with Gasteiger partial charge >= 0.3 is 6.18 Å². The van der Waals surface area contributed by atoms with Crippen LogP contribution in [0.25, 0.3) is 11.1 Å². The maximum Gasteiger partial charge on any atom is 0.422 e. The van der Waals surface area contributed by atoms with Crippen molar-refractivity contribution in [2.75, 3.05) is 0 Å². The summed E-state index contributed by atoms with van der Waals surface area (Å²) in [6, 6.07) is 12.2. The molecule has 0 aliphatic rings. The van der Waals surface area contributed by atoms with Crippen LogP contribution in [-0.4, -0.2) is 0 Å². The molecule has 0 bridgehead atoms. The van der Waals surface area contributed by atoms with E-state index in [0.29, 0.717) is 17.7 Å². The van der Waals surface area contributed by atoms with E-state index in [1.807, 2.05) is 30.3 Å². The maximum atomic E-state index is 14.5. The summed E-state index contributed by atoms with van der Waals surface area (Å²) in [7, 11) is 0. The quantitative estimate of drug-likeness (QED) is 0.231. The Hall–Kier alpha value is -3.46. The molecule has 0 aromatic heterocycles. The van der Waals surface area contributed by atoms with Crippen LogP contribution in [0, 0.1) is 29.3 Å². The van der Waals surface area contributed by atoms with Gasteiger partial charge in [-0.15, -0.1) is 6.58 Å². The van der Waals surface area contributed by atoms with E-state index < -0.39 is 29.2 Å². The van der Waals surface area contributed by atoms with Crippen LogP contribution in [0.2, 0.25) is 0 Å². The van der Waals surface area contributed by atoms with Gasteiger partial charge in [0, 0.05) is 16.7 Å². The summed E-state index contributed by atoms with van der Waals surface area (Å²) in [5, 5.41) is 0. The van der Waals surface area contributed by atoms with Crippen LogP contribution in [0.4, 0.5) is 26.3 Å². The zero-order valence-corrected chi connectivity index (χ0v) is 16.2. The van der Waals surface area contributed by atoms with E-state index in [9.17, 15) is 26.3 Å². The number of benzene rings is 3. The number of aryl methyl sites for hydroxylation is 1. The molecule has 0 saturated carbocycles. The van der Waals surface area contributed by atoms with Gasteiger partial charge in [0.25, 0.3) is 0 Å². The molecule has 31 heavy (non-hydrogen) atoms. The van der Waals surface area contributed by atoms with Crippen molar-refractivity contribution in [1.29, 1.82) is 0 Å². The highest BCUT2D eigenvalue weighted by atomic mass is 19.4. The molecule has 0 radical (unpaired) electrons. The lowest BCUT2D eigenvalue weighted by atomic mass is 10.0. The third kappa shape index (κ3) is 5.37. The maximum absolute atomic E-state index is 14.5. The second-order valence-corrected chi connectivity index (χ2v) is 6.78. The van der Waals surface area contributed by atoms with Crippen molar-refractivity contribution in [3.8, 4) is 23.0 Å². The van der Waals surface area contributed by atoms with E-state index in [2.05, 4.69) is 18.4 Å². The molecule has 0 aliphatic carbocycles. The van der Waals surface area contributed by atoms with Gasteiger partial charge < -0.3 is 0 Å². The fraction of sp³-hybridized carbons (Fsp3) is 0.120. The fourth-order valence-corrected chi connectivity index (χ4v) is 2.99. The van der Waals surface area contributed by atoms with Crippen LogP contribution < -0.4 is 0 Å². The van der Waals surface area contributed by atoms with Crippen LogP contribution in [0.5, 0.6) is 0 Å². The third-order valence-electron chi connectivity index (χ3n) is 4.55. The fourth-order valence-electron chi connectivity index (χ4n) is 2.99. The second-order valence-electron chi connectivity index (χ2n) is 6.78. The van der Waals surface area contributed by atoms with Crippen molar-refractivity contribution >= 4 is 0 Å². The topological polar surface area (TPSA) is 0 Å². The normalized spacial score (nSPS) is 11.0. The number of alkyl halides is 3. The van der Waals surface area contributed by atoms with Gasteiger partial charge in [0.15, 0.2) is 0 Å². The predicted molar refractivity (Wildman–Crippen MR) is 108 cm³/mol. The van der Waals surface area contributed by atoms with Crippen LogP contribution in [0.3, 0.4) is 0 Å². The summed E-state index contributed by atoms with van der Waals surface area (Å²) < 4.78 is 80.2. The monoisotopic (exact) mass is 430 g/mol. The van der Waals surface area contributed by atoms with Gasteiger partial charge in [-0.1, -0.05) is 36.1 Å². The van der Waals surface area contributed by atoms with Crippen molar-refractivity contribution in [2.45, 2.75) is 19.0 Å². The number of hydrogen-bond donors (Lipinski definition) is 0. The molecule has 3 aromatic rings. The van der Waals surface area contributed by atoms with Gasteiger partial charge in [-0.2, -0.15) is 13.2 Å². The first-order chi connectivity index (χ1) is 14.7. The van der Waals surface area contributed by atoms with Gasteiger partial charge in [-0.3, -0.25) is 0 Å². The molecule has 0 N–H and O–H groups in total. The Bertz CT molecular complexity index is 1140. The number of allylic oxidation sites excluding steroid dienone is 1. The van der Waals surface area contributed by atoms with Crippen molar-refractivity contribution in [2.24, 2.45) is 0 Å². The summed E-state index contributed by atoms with van der Waals surface area (Å²) in [5.41, 5.74) is -0.408. The zero-order chi connectivity index (χ0) is 22.6. The Morgan fingerprint density at radius 3 is 1.90 bits per heavy atom. The molecular formula is C25H16F6. The van der Waals surface area contributed by atoms with Crippen LogP contribution >= 0.6 is 0 Å². The van der Waals surface area contributed by atoms with Crippen LogP contribution in [0.1, 0.15) is 28.7 Å². The van der Waals surface area contributed by atoms with Crippen LogP contribution in [0.15, 0.2) is 67.3 Å². The molecule has 0 unspecified atom stereocenters. The van der Waals surface area contributed by atoms with Gasteiger partial charge in [0.05, 0.1) is 0 Å². The summed E-state index contributed by atoms with van der Waals surface area (Å²) in [6.45, 7) is 3.68. The lowest BCUT2D eigenvalue weighted by Crippen LogP contribution is -2.11. The first-order valence-corrected chi connectivity index (χ1v) is 9.27. The van der Waals surface area contributed by atoms with Crippen molar-refractivity contribution in [3.63, 3.8) is 0 Å². The molecular weight excluding hydrogens is 414 g/mol. The predicted octanol–water partition coefficient (Wildman–Crippen LogP) is 7.31. The van der Waals surface area contributed by atoms with Gasteiger partial charge in [-0.25, -0.2) is 13.2 Å². The SMILES string of the molecule is C=CCCc1ccc(C#Cc2ccc(-c3cc(F)c(C(F)(F)F)c(F)c3)c(F)c2)cc1. The Balaban J connectivity index is 1.85. The van der Waals surface area contributed by atoms with Crippen LogP contribution in [-0.2, 0) is 12.6 Å². The number of halogens is 6. The first-order valence-electron chi connectivity index (χ1n) is 9.27. The molecule has 0 amide bonds. The van der Waals surface area contributed by atoms with Gasteiger partial charge in [-0.05, 0) is 60.4 Å². The third-order valence-corrected chi connectivity index (χ3v) is 4.55. The first kappa shape index (κ1) is 22.2. The molecule has 0 fully saturated rings. The molecule has 0 spiro atoms. The second kappa shape index (κ2) is 9.13. The Labute approximate surface area is 175 Å². The summed E-state index contributed by atoms with van der Waals surface area (Å²) in [6.07, 6.45) is -1.62. The lowest BCUT2D eigenvalue weighted by Gasteiger charge is -2.11. The Kier molecular flexibility index (Phi) is 6.55. The largest absolute Gasteiger partial charge is 0.422 e. The molecule has 0 atom stereocenters. The minimum atomic E-state index is -5.19. The van der Waals surface area contributed by atoms with E-state index in [1.165, 1.54) is 12.1 Å². The van der Waals surface area contributed by atoms with Gasteiger partial charge in [0.1, 0.15) is 23.0 Å². The standard InChI is InChI=1S/C25H16F6/c1-2-3-4-16-5-7-17(8-6-16)9-10-18-11-12-20(21(26)13-18)19-14-22(27)24(23(28)15-19)25(29,30)31/h2,5-8,11-15H,1,3-4H2. The minimum absolute atomic E-state index is 0.233. The molecule has 0 saturated heterocycles. The van der Waals surface area contributed by atoms with E-state index in [1.54, 1.807) is 0 Å². The average Bonchev–Trinajstić information content (AvgIpc) is 2.70. The Morgan fingerprint density at radius 1 is 0.774 bits per heavy atom. The molecule has 0 aliphatic heterocycles. The molecule has 3 rings (SSSR count). The van der Waals surface area contributed by atoms with E-state index in [0.717, 1.165) is 30.0 Å². The average molecular weight is 430 g/mol. The molecule has 6 heteroatoms. The lowest BCUT2D eigenvalue weighted by molar-refractivity contribution is -0.142. The highest BCUT2D eigenvalue weighted by molar-refractivity contribution is 5.66. The summed E-state index contributed by atoms with van der Waals surface area (Å²) >= 11 is 0. The molecule has 3 aromatic carbocycles. The van der Waals surface area contributed by atoms with Crippen molar-refractivity contribution in [1.82, 2.24) is 0 Å². The summed E-state index contributed by atoms with van der Waals surface area (Å²) in [4.78, 5) is 0. The summed E-state index contributed by atoms with van der Waals surface area (Å²) in [5.74, 6) is 1.22.